The van der Waals surface area contributed by atoms with Crippen LogP contribution >= 0.6 is 0 Å². The van der Waals surface area contributed by atoms with Crippen molar-refractivity contribution in [3.63, 3.8) is 0 Å². The highest BCUT2D eigenvalue weighted by atomic mass is 19.1. The van der Waals surface area contributed by atoms with E-state index >= 15 is 4.39 Å². The second-order valence-electron chi connectivity index (χ2n) is 7.24. The van der Waals surface area contributed by atoms with E-state index < -0.39 is 0 Å². The van der Waals surface area contributed by atoms with Crippen molar-refractivity contribution in [2.24, 2.45) is 7.05 Å². The second kappa shape index (κ2) is 6.88. The molecule has 3 heterocycles. The number of rotatable bonds is 3. The van der Waals surface area contributed by atoms with Gasteiger partial charge >= 0.3 is 0 Å². The number of aromatic nitrogens is 4. The van der Waals surface area contributed by atoms with Gasteiger partial charge in [-0.05, 0) is 29.1 Å². The Kier molecular flexibility index (Phi) is 4.17. The van der Waals surface area contributed by atoms with Gasteiger partial charge in [0, 0.05) is 48.1 Å². The van der Waals surface area contributed by atoms with Crippen molar-refractivity contribution in [1.82, 2.24) is 19.5 Å². The fraction of sp³-hybridized carbons (Fsp3) is 0.0870. The maximum Gasteiger partial charge on any atom is 0.145 e. The van der Waals surface area contributed by atoms with Crippen LogP contribution in [0.25, 0.3) is 32.9 Å². The number of aryl methyl sites for hydroxylation is 1. The zero-order valence-electron chi connectivity index (χ0n) is 16.1. The minimum atomic E-state index is -0.381. The van der Waals surface area contributed by atoms with Gasteiger partial charge in [-0.15, -0.1) is 0 Å². The Morgan fingerprint density at radius 3 is 2.70 bits per heavy atom. The average molecular weight is 401 g/mol. The number of anilines is 1. The second-order valence-corrected chi connectivity index (χ2v) is 7.24. The van der Waals surface area contributed by atoms with Crippen LogP contribution in [0.4, 0.5) is 14.6 Å². The molecule has 5 nitrogen and oxygen atoms in total. The van der Waals surface area contributed by atoms with Gasteiger partial charge in [-0.2, -0.15) is 0 Å². The Morgan fingerprint density at radius 2 is 1.87 bits per heavy atom. The van der Waals surface area contributed by atoms with Gasteiger partial charge in [0.25, 0.3) is 0 Å². The van der Waals surface area contributed by atoms with Crippen LogP contribution < -0.4 is 5.73 Å². The summed E-state index contributed by atoms with van der Waals surface area (Å²) in [6.07, 6.45) is 5.18. The van der Waals surface area contributed by atoms with E-state index in [2.05, 4.69) is 15.0 Å². The van der Waals surface area contributed by atoms with Crippen LogP contribution in [0.3, 0.4) is 0 Å². The van der Waals surface area contributed by atoms with E-state index in [1.54, 1.807) is 22.9 Å². The zero-order chi connectivity index (χ0) is 20.8. The van der Waals surface area contributed by atoms with E-state index in [1.807, 2.05) is 25.2 Å². The summed E-state index contributed by atoms with van der Waals surface area (Å²) in [6, 6.07) is 11.8. The Labute approximate surface area is 170 Å². The van der Waals surface area contributed by atoms with E-state index in [0.29, 0.717) is 39.8 Å². The van der Waals surface area contributed by atoms with E-state index in [1.165, 1.54) is 24.7 Å². The number of nitrogen functional groups attached to an aromatic ring is 1. The predicted octanol–water partition coefficient (Wildman–Crippen LogP) is 4.63. The van der Waals surface area contributed by atoms with Crippen LogP contribution in [0.5, 0.6) is 0 Å². The molecule has 30 heavy (non-hydrogen) atoms. The maximum absolute atomic E-state index is 15.5. The summed E-state index contributed by atoms with van der Waals surface area (Å²) in [7, 11) is 1.83. The van der Waals surface area contributed by atoms with Crippen molar-refractivity contribution < 1.29 is 8.78 Å². The topological polar surface area (TPSA) is 69.6 Å². The third-order valence-corrected chi connectivity index (χ3v) is 5.24. The van der Waals surface area contributed by atoms with Crippen molar-refractivity contribution in [2.45, 2.75) is 6.42 Å². The van der Waals surface area contributed by atoms with Crippen LogP contribution in [-0.4, -0.2) is 19.5 Å². The lowest BCUT2D eigenvalue weighted by Gasteiger charge is -2.08. The zero-order valence-corrected chi connectivity index (χ0v) is 16.1. The molecule has 5 aromatic rings. The molecule has 2 aromatic carbocycles. The molecule has 0 atom stereocenters. The minimum Gasteiger partial charge on any atom is -0.383 e. The summed E-state index contributed by atoms with van der Waals surface area (Å²) >= 11 is 0. The molecule has 0 spiro atoms. The van der Waals surface area contributed by atoms with Crippen LogP contribution in [0.1, 0.15) is 11.3 Å². The minimum absolute atomic E-state index is 0.290. The molecule has 0 aliphatic heterocycles. The molecule has 2 N–H and O–H groups in total. The van der Waals surface area contributed by atoms with Gasteiger partial charge in [0.1, 0.15) is 29.4 Å². The Balaban J connectivity index is 1.60. The molecule has 0 amide bonds. The molecule has 0 radical (unpaired) electrons. The molecular formula is C23H17F2N5. The fourth-order valence-corrected chi connectivity index (χ4v) is 3.83. The van der Waals surface area contributed by atoms with E-state index in [4.69, 9.17) is 5.73 Å². The molecule has 0 saturated heterocycles. The van der Waals surface area contributed by atoms with Crippen molar-refractivity contribution in [3.8, 4) is 11.1 Å². The lowest BCUT2D eigenvalue weighted by Crippen LogP contribution is -1.96. The molecule has 0 bridgehead atoms. The number of benzene rings is 2. The van der Waals surface area contributed by atoms with E-state index in [9.17, 15) is 4.39 Å². The first-order valence-corrected chi connectivity index (χ1v) is 9.38. The fourth-order valence-electron chi connectivity index (χ4n) is 3.83. The van der Waals surface area contributed by atoms with Crippen molar-refractivity contribution in [3.05, 3.63) is 84.1 Å². The molecule has 5 rings (SSSR count). The molecule has 0 aliphatic carbocycles. The number of halogens is 2. The highest BCUT2D eigenvalue weighted by molar-refractivity contribution is 6.02. The van der Waals surface area contributed by atoms with Gasteiger partial charge < -0.3 is 10.3 Å². The number of hydrogen-bond donors (Lipinski definition) is 1. The van der Waals surface area contributed by atoms with Gasteiger partial charge in [0.05, 0.1) is 5.39 Å². The molecule has 0 aliphatic rings. The molecule has 3 aromatic heterocycles. The summed E-state index contributed by atoms with van der Waals surface area (Å²) in [6.45, 7) is 0. The summed E-state index contributed by atoms with van der Waals surface area (Å²) in [5.41, 5.74) is 9.28. The first kappa shape index (κ1) is 18.2. The Morgan fingerprint density at radius 1 is 1.00 bits per heavy atom. The third kappa shape index (κ3) is 2.95. The first-order valence-electron chi connectivity index (χ1n) is 9.38. The number of nitrogens with two attached hydrogens (primary N) is 1. The summed E-state index contributed by atoms with van der Waals surface area (Å²) in [5.74, 6) is -0.367. The number of nitrogens with zero attached hydrogens (tertiary/aromatic N) is 4. The van der Waals surface area contributed by atoms with Crippen molar-refractivity contribution in [2.75, 3.05) is 5.73 Å². The molecule has 148 valence electrons. The quantitative estimate of drug-likeness (QED) is 0.478. The largest absolute Gasteiger partial charge is 0.383 e. The molecular weight excluding hydrogens is 384 g/mol. The van der Waals surface area contributed by atoms with Crippen LogP contribution in [-0.2, 0) is 13.5 Å². The summed E-state index contributed by atoms with van der Waals surface area (Å²) in [4.78, 5) is 12.7. The highest BCUT2D eigenvalue weighted by Crippen LogP contribution is 2.36. The lowest BCUT2D eigenvalue weighted by molar-refractivity contribution is 0.626. The van der Waals surface area contributed by atoms with Gasteiger partial charge in [-0.1, -0.05) is 24.3 Å². The monoisotopic (exact) mass is 401 g/mol. The number of fused-ring (bicyclic) bond motifs is 2. The molecule has 0 unspecified atom stereocenters. The lowest BCUT2D eigenvalue weighted by atomic mass is 10.00. The van der Waals surface area contributed by atoms with Gasteiger partial charge in [-0.3, -0.25) is 4.98 Å². The maximum atomic E-state index is 15.5. The smallest absolute Gasteiger partial charge is 0.145 e. The van der Waals surface area contributed by atoms with Gasteiger partial charge in [-0.25, -0.2) is 18.7 Å². The van der Waals surface area contributed by atoms with Crippen molar-refractivity contribution in [1.29, 1.82) is 0 Å². The normalized spacial score (nSPS) is 11.4. The molecule has 0 fully saturated rings. The Bertz CT molecular complexity index is 1420. The van der Waals surface area contributed by atoms with Crippen molar-refractivity contribution >= 4 is 27.6 Å². The first-order chi connectivity index (χ1) is 14.5. The predicted molar refractivity (Wildman–Crippen MR) is 113 cm³/mol. The molecule has 0 saturated carbocycles. The van der Waals surface area contributed by atoms with E-state index in [0.717, 1.165) is 16.6 Å². The van der Waals surface area contributed by atoms with Crippen LogP contribution in [0.2, 0.25) is 0 Å². The van der Waals surface area contributed by atoms with Crippen LogP contribution in [0, 0.1) is 11.6 Å². The average Bonchev–Trinajstić information content (AvgIpc) is 3.06. The van der Waals surface area contributed by atoms with E-state index in [-0.39, 0.29) is 11.6 Å². The number of pyridine rings is 1. The van der Waals surface area contributed by atoms with Crippen LogP contribution in [0.15, 0.2) is 61.2 Å². The summed E-state index contributed by atoms with van der Waals surface area (Å²) in [5, 5.41) is 1.75. The number of hydrogen-bond acceptors (Lipinski definition) is 4. The van der Waals surface area contributed by atoms with Gasteiger partial charge in [0.15, 0.2) is 0 Å². The SMILES string of the molecule is Cn1cc(-c2ccc3cc(Cc4cccc(F)c4)ncc3c2F)c2c(N)ncnc21. The Hall–Kier alpha value is -3.87. The third-order valence-electron chi connectivity index (χ3n) is 5.24. The summed E-state index contributed by atoms with van der Waals surface area (Å²) < 4.78 is 30.7. The van der Waals surface area contributed by atoms with Gasteiger partial charge in [0.2, 0.25) is 0 Å². The standard InChI is InChI=1S/C23H17F2N5/c1-30-11-19(20-22(26)28-12-29-23(20)30)17-6-5-14-9-16(27-10-18(14)21(17)25)8-13-3-2-4-15(24)7-13/h2-7,9-12H,8H2,1H3,(H2,26,28,29). The molecule has 7 heteroatoms. The highest BCUT2D eigenvalue weighted by Gasteiger charge is 2.18.